The van der Waals surface area contributed by atoms with E-state index in [-0.39, 0.29) is 5.03 Å². The van der Waals surface area contributed by atoms with Crippen molar-refractivity contribution < 1.29 is 8.42 Å². The molecule has 2 aromatic rings. The molecule has 0 aliphatic heterocycles. The molecular formula is C12H17BrN4O2S2. The zero-order valence-electron chi connectivity index (χ0n) is 11.8. The van der Waals surface area contributed by atoms with E-state index in [2.05, 4.69) is 31.4 Å². The van der Waals surface area contributed by atoms with Crippen LogP contribution in [0.4, 0.5) is 0 Å². The van der Waals surface area contributed by atoms with Gasteiger partial charge in [0.1, 0.15) is 0 Å². The van der Waals surface area contributed by atoms with E-state index < -0.39 is 10.0 Å². The molecule has 21 heavy (non-hydrogen) atoms. The summed E-state index contributed by atoms with van der Waals surface area (Å²) in [4.78, 5) is 0. The van der Waals surface area contributed by atoms with Gasteiger partial charge in [-0.1, -0.05) is 6.92 Å². The largest absolute Gasteiger partial charge is 0.313 e. The molecule has 2 heterocycles. The quantitative estimate of drug-likeness (QED) is 0.756. The Balaban J connectivity index is 2.19. The van der Waals surface area contributed by atoms with Gasteiger partial charge < -0.3 is 5.32 Å². The lowest BCUT2D eigenvalue weighted by molar-refractivity contribution is 0.463. The maximum atomic E-state index is 12.6. The van der Waals surface area contributed by atoms with Crippen LogP contribution in [-0.2, 0) is 23.1 Å². The van der Waals surface area contributed by atoms with E-state index >= 15 is 0 Å². The van der Waals surface area contributed by atoms with Crippen molar-refractivity contribution in [2.75, 3.05) is 13.6 Å². The Bertz CT molecular complexity index is 696. The molecule has 6 nitrogen and oxygen atoms in total. The van der Waals surface area contributed by atoms with Gasteiger partial charge in [-0.3, -0.25) is 5.10 Å². The van der Waals surface area contributed by atoms with Gasteiger partial charge in [-0.25, -0.2) is 8.42 Å². The summed E-state index contributed by atoms with van der Waals surface area (Å²) >= 11 is 4.91. The first-order valence-corrected chi connectivity index (χ1v) is 9.48. The van der Waals surface area contributed by atoms with E-state index in [4.69, 9.17) is 0 Å². The van der Waals surface area contributed by atoms with E-state index in [0.717, 1.165) is 15.9 Å². The molecule has 0 amide bonds. The second-order valence-electron chi connectivity index (χ2n) is 4.52. The van der Waals surface area contributed by atoms with Crippen LogP contribution in [0.3, 0.4) is 0 Å². The minimum Gasteiger partial charge on any atom is -0.313 e. The molecule has 0 spiro atoms. The molecule has 2 rings (SSSR count). The van der Waals surface area contributed by atoms with Crippen molar-refractivity contribution in [1.82, 2.24) is 19.8 Å². The Labute approximate surface area is 136 Å². The summed E-state index contributed by atoms with van der Waals surface area (Å²) in [6.45, 7) is 3.53. The maximum absolute atomic E-state index is 12.6. The van der Waals surface area contributed by atoms with Gasteiger partial charge in [-0.2, -0.15) is 9.40 Å². The average molecular weight is 393 g/mol. The van der Waals surface area contributed by atoms with Crippen LogP contribution in [0.15, 0.2) is 26.5 Å². The van der Waals surface area contributed by atoms with Crippen molar-refractivity contribution >= 4 is 37.3 Å². The number of rotatable bonds is 7. The zero-order chi connectivity index (χ0) is 15.5. The molecule has 0 aromatic carbocycles. The fourth-order valence-electron chi connectivity index (χ4n) is 1.83. The maximum Gasteiger partial charge on any atom is 0.260 e. The first kappa shape index (κ1) is 16.6. The summed E-state index contributed by atoms with van der Waals surface area (Å²) in [5.41, 5.74) is 1.60. The molecule has 0 fully saturated rings. The minimum absolute atomic E-state index is 0.153. The Morgan fingerprint density at radius 3 is 2.90 bits per heavy atom. The smallest absolute Gasteiger partial charge is 0.260 e. The van der Waals surface area contributed by atoms with Crippen LogP contribution in [0.5, 0.6) is 0 Å². The molecule has 0 saturated heterocycles. The van der Waals surface area contributed by atoms with Gasteiger partial charge in [-0.05, 0) is 39.5 Å². The van der Waals surface area contributed by atoms with Gasteiger partial charge in [-0.15, -0.1) is 11.3 Å². The van der Waals surface area contributed by atoms with Crippen LogP contribution in [0.1, 0.15) is 18.1 Å². The predicted octanol–water partition coefficient (Wildman–Crippen LogP) is 2.16. The lowest BCUT2D eigenvalue weighted by atomic mass is 10.3. The van der Waals surface area contributed by atoms with Crippen molar-refractivity contribution in [2.24, 2.45) is 0 Å². The normalized spacial score (nSPS) is 12.2. The number of aromatic nitrogens is 2. The molecule has 0 atom stereocenters. The highest BCUT2D eigenvalue weighted by molar-refractivity contribution is 9.11. The molecule has 116 valence electrons. The molecule has 0 saturated carbocycles. The number of H-pyrrole nitrogens is 1. The zero-order valence-corrected chi connectivity index (χ0v) is 15.0. The Morgan fingerprint density at radius 2 is 2.29 bits per heavy atom. The van der Waals surface area contributed by atoms with E-state index in [1.54, 1.807) is 13.2 Å². The molecule has 0 unspecified atom stereocenters. The highest BCUT2D eigenvalue weighted by Crippen LogP contribution is 2.24. The summed E-state index contributed by atoms with van der Waals surface area (Å²) in [6, 6.07) is 1.92. The van der Waals surface area contributed by atoms with Crippen molar-refractivity contribution in [3.63, 3.8) is 0 Å². The first-order chi connectivity index (χ1) is 9.95. The highest BCUT2D eigenvalue weighted by atomic mass is 79.9. The number of hydrogen-bond acceptors (Lipinski definition) is 5. The van der Waals surface area contributed by atoms with Gasteiger partial charge >= 0.3 is 0 Å². The lowest BCUT2D eigenvalue weighted by Gasteiger charge is -2.16. The second-order valence-corrected chi connectivity index (χ2v) is 8.80. The van der Waals surface area contributed by atoms with E-state index in [9.17, 15) is 8.42 Å². The van der Waals surface area contributed by atoms with Crippen LogP contribution in [-0.4, -0.2) is 36.5 Å². The first-order valence-electron chi connectivity index (χ1n) is 6.37. The van der Waals surface area contributed by atoms with Crippen LogP contribution in [0.25, 0.3) is 0 Å². The third-order valence-electron chi connectivity index (χ3n) is 2.94. The summed E-state index contributed by atoms with van der Waals surface area (Å²) in [6.07, 6.45) is 1.55. The van der Waals surface area contributed by atoms with Gasteiger partial charge in [0.05, 0.1) is 9.98 Å². The summed E-state index contributed by atoms with van der Waals surface area (Å²) < 4.78 is 27.5. The van der Waals surface area contributed by atoms with E-state index in [1.807, 2.05) is 18.4 Å². The molecule has 2 aromatic heterocycles. The Morgan fingerprint density at radius 1 is 1.52 bits per heavy atom. The number of nitrogens with zero attached hydrogens (tertiary/aromatic N) is 2. The average Bonchev–Trinajstić information content (AvgIpc) is 3.05. The summed E-state index contributed by atoms with van der Waals surface area (Å²) in [5, 5.41) is 11.7. The van der Waals surface area contributed by atoms with Gasteiger partial charge in [0, 0.05) is 25.7 Å². The lowest BCUT2D eigenvalue weighted by Crippen LogP contribution is -2.28. The van der Waals surface area contributed by atoms with Crippen LogP contribution < -0.4 is 5.32 Å². The Hall–Kier alpha value is -0.740. The molecule has 0 bridgehead atoms. The number of thiophene rings is 1. The second kappa shape index (κ2) is 7.01. The predicted molar refractivity (Wildman–Crippen MR) is 86.6 cm³/mol. The van der Waals surface area contributed by atoms with Crippen LogP contribution in [0, 0.1) is 0 Å². The summed E-state index contributed by atoms with van der Waals surface area (Å²) in [7, 11) is -2.01. The monoisotopic (exact) mass is 392 g/mol. The minimum atomic E-state index is -3.58. The molecule has 0 aliphatic rings. The van der Waals surface area contributed by atoms with Crippen LogP contribution in [0.2, 0.25) is 0 Å². The van der Waals surface area contributed by atoms with Crippen molar-refractivity contribution in [1.29, 1.82) is 0 Å². The van der Waals surface area contributed by atoms with Gasteiger partial charge in [0.15, 0.2) is 5.03 Å². The number of hydrogen-bond donors (Lipinski definition) is 2. The molecule has 0 radical (unpaired) electrons. The number of sulfonamides is 1. The molecular weight excluding hydrogens is 376 g/mol. The fraction of sp³-hybridized carbons (Fsp3) is 0.417. The van der Waals surface area contributed by atoms with Crippen molar-refractivity contribution in [3.05, 3.63) is 32.6 Å². The third-order valence-corrected chi connectivity index (χ3v) is 6.31. The number of halogens is 1. The standard InChI is InChI=1S/C12H17BrN4O2S2/c1-3-14-5-10-6-15-16-12(10)21(18,19)17(2)7-9-4-11(13)20-8-9/h4,6,8,14H,3,5,7H2,1-2H3,(H,15,16). The van der Waals surface area contributed by atoms with Crippen LogP contribution >= 0.6 is 27.3 Å². The van der Waals surface area contributed by atoms with Crippen molar-refractivity contribution in [3.8, 4) is 0 Å². The number of nitrogens with one attached hydrogen (secondary N) is 2. The van der Waals surface area contributed by atoms with Gasteiger partial charge in [0.25, 0.3) is 10.0 Å². The molecule has 2 N–H and O–H groups in total. The van der Waals surface area contributed by atoms with Gasteiger partial charge in [0.2, 0.25) is 0 Å². The Kier molecular flexibility index (Phi) is 5.55. The fourth-order valence-corrected chi connectivity index (χ4v) is 4.29. The molecule has 9 heteroatoms. The van der Waals surface area contributed by atoms with E-state index in [1.165, 1.54) is 15.6 Å². The highest BCUT2D eigenvalue weighted by Gasteiger charge is 2.26. The molecule has 0 aliphatic carbocycles. The summed E-state index contributed by atoms with van der Waals surface area (Å²) in [5.74, 6) is 0. The van der Waals surface area contributed by atoms with E-state index in [0.29, 0.717) is 18.7 Å². The topological polar surface area (TPSA) is 78.1 Å². The van der Waals surface area contributed by atoms with Crippen molar-refractivity contribution in [2.45, 2.75) is 25.0 Å². The number of aromatic amines is 1. The third kappa shape index (κ3) is 3.92. The SMILES string of the molecule is CCNCc1cn[nH]c1S(=O)(=O)N(C)Cc1csc(Br)c1.